The summed E-state index contributed by atoms with van der Waals surface area (Å²) in [6.45, 7) is 2.99. The maximum atomic E-state index is 12.3. The number of aromatic nitrogens is 3. The first kappa shape index (κ1) is 19.9. The van der Waals surface area contributed by atoms with E-state index in [-0.39, 0.29) is 5.91 Å². The van der Waals surface area contributed by atoms with Crippen LogP contribution in [-0.2, 0) is 11.3 Å². The van der Waals surface area contributed by atoms with Crippen LogP contribution in [0, 0.1) is 6.92 Å². The molecule has 7 heteroatoms. The maximum absolute atomic E-state index is 12.3. The third kappa shape index (κ3) is 4.60. The molecule has 30 heavy (non-hydrogen) atoms. The van der Waals surface area contributed by atoms with E-state index in [9.17, 15) is 4.79 Å². The number of nitrogens with zero attached hydrogens (tertiary/aromatic N) is 3. The lowest BCUT2D eigenvalue weighted by atomic mass is 10.1. The lowest BCUT2D eigenvalue weighted by Crippen LogP contribution is -2.25. The minimum absolute atomic E-state index is 0.0323. The van der Waals surface area contributed by atoms with Gasteiger partial charge in [0.25, 0.3) is 0 Å². The van der Waals surface area contributed by atoms with E-state index in [4.69, 9.17) is 16.6 Å². The van der Waals surface area contributed by atoms with Crippen molar-refractivity contribution in [3.8, 4) is 11.3 Å². The number of hydrogen-bond donors (Lipinski definition) is 2. The Morgan fingerprint density at radius 2 is 2.03 bits per heavy atom. The fourth-order valence-corrected chi connectivity index (χ4v) is 3.51. The Kier molecular flexibility index (Phi) is 5.95. The van der Waals surface area contributed by atoms with E-state index < -0.39 is 0 Å². The van der Waals surface area contributed by atoms with Gasteiger partial charge < -0.3 is 10.6 Å². The molecule has 2 heterocycles. The molecule has 0 radical (unpaired) electrons. The number of halogens is 1. The lowest BCUT2D eigenvalue weighted by Gasteiger charge is -2.10. The number of aryl methyl sites for hydroxylation is 1. The number of anilines is 1. The van der Waals surface area contributed by atoms with Crippen LogP contribution < -0.4 is 10.6 Å². The summed E-state index contributed by atoms with van der Waals surface area (Å²) in [5, 5.41) is 6.97. The summed E-state index contributed by atoms with van der Waals surface area (Å²) < 4.78 is 1.95. The first-order chi connectivity index (χ1) is 14.6. The monoisotopic (exact) mass is 419 g/mol. The summed E-state index contributed by atoms with van der Waals surface area (Å²) >= 11 is 5.99. The molecule has 0 aliphatic carbocycles. The molecule has 4 aromatic rings. The van der Waals surface area contributed by atoms with Gasteiger partial charge >= 0.3 is 0 Å². The van der Waals surface area contributed by atoms with Crippen molar-refractivity contribution < 1.29 is 4.79 Å². The second-order valence-corrected chi connectivity index (χ2v) is 7.50. The van der Waals surface area contributed by atoms with Crippen LogP contribution in [0.1, 0.15) is 17.5 Å². The average Bonchev–Trinajstić information content (AvgIpc) is 3.11. The molecule has 0 bridgehead atoms. The topological polar surface area (TPSA) is 71.3 Å². The Morgan fingerprint density at radius 1 is 1.17 bits per heavy atom. The largest absolute Gasteiger partial charge is 0.369 e. The summed E-state index contributed by atoms with van der Waals surface area (Å²) in [7, 11) is 0. The van der Waals surface area contributed by atoms with Crippen LogP contribution in [0.2, 0.25) is 5.02 Å². The highest BCUT2D eigenvalue weighted by Gasteiger charge is 2.14. The van der Waals surface area contributed by atoms with Crippen LogP contribution in [0.15, 0.2) is 67.1 Å². The van der Waals surface area contributed by atoms with Crippen molar-refractivity contribution in [3.63, 3.8) is 0 Å². The van der Waals surface area contributed by atoms with Crippen molar-refractivity contribution in [3.05, 3.63) is 83.3 Å². The summed E-state index contributed by atoms with van der Waals surface area (Å²) in [4.78, 5) is 21.2. The van der Waals surface area contributed by atoms with Gasteiger partial charge in [-0.05, 0) is 30.7 Å². The molecule has 0 atom stereocenters. The first-order valence-corrected chi connectivity index (χ1v) is 10.1. The number of carbonyl (C=O) groups excluding carboxylic acids is 1. The second-order valence-electron chi connectivity index (χ2n) is 7.07. The molecule has 6 nitrogen and oxygen atoms in total. The second kappa shape index (κ2) is 8.97. The first-order valence-electron chi connectivity index (χ1n) is 9.74. The Morgan fingerprint density at radius 3 is 2.87 bits per heavy atom. The zero-order chi connectivity index (χ0) is 20.9. The Labute approximate surface area is 179 Å². The van der Waals surface area contributed by atoms with Gasteiger partial charge in [-0.25, -0.2) is 4.98 Å². The predicted molar refractivity (Wildman–Crippen MR) is 120 cm³/mol. The van der Waals surface area contributed by atoms with E-state index >= 15 is 0 Å². The normalized spacial score (nSPS) is 10.9. The molecule has 4 rings (SSSR count). The zero-order valence-electron chi connectivity index (χ0n) is 16.6. The van der Waals surface area contributed by atoms with Gasteiger partial charge in [-0.3, -0.25) is 14.2 Å². The molecule has 2 N–H and O–H groups in total. The van der Waals surface area contributed by atoms with Crippen LogP contribution in [0.5, 0.6) is 0 Å². The van der Waals surface area contributed by atoms with E-state index in [1.807, 2.05) is 47.0 Å². The molecule has 152 valence electrons. The number of benzene rings is 2. The van der Waals surface area contributed by atoms with E-state index in [0.717, 1.165) is 33.8 Å². The van der Waals surface area contributed by atoms with Gasteiger partial charge in [0.2, 0.25) is 5.91 Å². The minimum Gasteiger partial charge on any atom is -0.369 e. The highest BCUT2D eigenvalue weighted by atomic mass is 35.5. The third-order valence-corrected chi connectivity index (χ3v) is 4.98. The fourth-order valence-electron chi connectivity index (χ4n) is 3.30. The summed E-state index contributed by atoms with van der Waals surface area (Å²) in [6, 6.07) is 15.7. The predicted octanol–water partition coefficient (Wildman–Crippen LogP) is 4.48. The maximum Gasteiger partial charge on any atom is 0.222 e. The standard InChI is InChI=1S/C23H22ClN5O/c1-16-4-2-6-18(12-16)22-23(29-11-10-25-15-20(29)28-22)26-9-8-21(30)27-14-17-5-3-7-19(24)13-17/h2-7,10-13,15,26H,8-9,14H2,1H3,(H,27,30). The van der Waals surface area contributed by atoms with Crippen molar-refractivity contribution in [2.75, 3.05) is 11.9 Å². The van der Waals surface area contributed by atoms with E-state index in [2.05, 4.69) is 34.7 Å². The van der Waals surface area contributed by atoms with Gasteiger partial charge in [0, 0.05) is 42.5 Å². The van der Waals surface area contributed by atoms with Gasteiger partial charge in [0.05, 0.1) is 6.20 Å². The number of hydrogen-bond acceptors (Lipinski definition) is 4. The van der Waals surface area contributed by atoms with Crippen LogP contribution >= 0.6 is 11.6 Å². The summed E-state index contributed by atoms with van der Waals surface area (Å²) in [6.07, 6.45) is 5.65. The van der Waals surface area contributed by atoms with Crippen molar-refractivity contribution >= 4 is 29.0 Å². The Balaban J connectivity index is 1.44. The molecule has 0 unspecified atom stereocenters. The Hall–Kier alpha value is -3.38. The van der Waals surface area contributed by atoms with Crippen LogP contribution in [0.25, 0.3) is 16.9 Å². The summed E-state index contributed by atoms with van der Waals surface area (Å²) in [5.41, 5.74) is 4.74. The molecule has 1 amide bonds. The molecule has 0 spiro atoms. The number of nitrogens with one attached hydrogen (secondary N) is 2. The summed E-state index contributed by atoms with van der Waals surface area (Å²) in [5.74, 6) is 0.815. The average molecular weight is 420 g/mol. The molecular weight excluding hydrogens is 398 g/mol. The number of fused-ring (bicyclic) bond motifs is 1. The molecule has 2 aromatic carbocycles. The van der Waals surface area contributed by atoms with Crippen LogP contribution in [0.4, 0.5) is 5.82 Å². The smallest absolute Gasteiger partial charge is 0.222 e. The highest BCUT2D eigenvalue weighted by Crippen LogP contribution is 2.29. The van der Waals surface area contributed by atoms with Crippen molar-refractivity contribution in [2.24, 2.45) is 0 Å². The number of amides is 1. The third-order valence-electron chi connectivity index (χ3n) is 4.74. The molecule has 0 saturated heterocycles. The SMILES string of the molecule is Cc1cccc(-c2nc3cnccn3c2NCCC(=O)NCc2cccc(Cl)c2)c1. The van der Waals surface area contributed by atoms with Gasteiger partial charge in [-0.15, -0.1) is 0 Å². The van der Waals surface area contributed by atoms with E-state index in [1.165, 1.54) is 0 Å². The van der Waals surface area contributed by atoms with E-state index in [1.54, 1.807) is 12.4 Å². The molecule has 0 saturated carbocycles. The molecule has 2 aromatic heterocycles. The lowest BCUT2D eigenvalue weighted by molar-refractivity contribution is -0.121. The van der Waals surface area contributed by atoms with Crippen molar-refractivity contribution in [1.82, 2.24) is 19.7 Å². The number of imidazole rings is 1. The van der Waals surface area contributed by atoms with Gasteiger partial charge in [0.1, 0.15) is 11.5 Å². The molecular formula is C23H22ClN5O. The van der Waals surface area contributed by atoms with Crippen molar-refractivity contribution in [2.45, 2.75) is 19.9 Å². The molecule has 0 aliphatic rings. The van der Waals surface area contributed by atoms with E-state index in [0.29, 0.717) is 24.5 Å². The van der Waals surface area contributed by atoms with Gasteiger partial charge in [-0.2, -0.15) is 0 Å². The number of rotatable bonds is 7. The quantitative estimate of drug-likeness (QED) is 0.463. The van der Waals surface area contributed by atoms with Crippen LogP contribution in [0.3, 0.4) is 0 Å². The minimum atomic E-state index is -0.0323. The highest BCUT2D eigenvalue weighted by molar-refractivity contribution is 6.30. The Bertz CT molecular complexity index is 1190. The van der Waals surface area contributed by atoms with Gasteiger partial charge in [-0.1, -0.05) is 47.5 Å². The van der Waals surface area contributed by atoms with Crippen molar-refractivity contribution in [1.29, 1.82) is 0 Å². The zero-order valence-corrected chi connectivity index (χ0v) is 17.4. The molecule has 0 fully saturated rings. The molecule has 0 aliphatic heterocycles. The van der Waals surface area contributed by atoms with Gasteiger partial charge in [0.15, 0.2) is 5.65 Å². The number of carbonyl (C=O) groups is 1. The van der Waals surface area contributed by atoms with Crippen LogP contribution in [-0.4, -0.2) is 26.8 Å². The fraction of sp³-hybridized carbons (Fsp3) is 0.174.